The lowest BCUT2D eigenvalue weighted by molar-refractivity contribution is -0.148. The molecule has 0 aliphatic carbocycles. The van der Waals surface area contributed by atoms with Crippen molar-refractivity contribution < 1.29 is 23.8 Å². The van der Waals surface area contributed by atoms with E-state index < -0.39 is 18.0 Å². The number of ether oxygens (including phenoxy) is 3. The minimum absolute atomic E-state index is 0.467. The van der Waals surface area contributed by atoms with Crippen LogP contribution in [-0.2, 0) is 14.3 Å². The number of carbonyl (C=O) groups is 2. The van der Waals surface area contributed by atoms with E-state index in [0.717, 1.165) is 5.56 Å². The summed E-state index contributed by atoms with van der Waals surface area (Å²) in [5, 5.41) is 11.4. The van der Waals surface area contributed by atoms with E-state index in [9.17, 15) is 9.59 Å². The molecule has 3 rings (SSSR count). The van der Waals surface area contributed by atoms with Crippen molar-refractivity contribution >= 4 is 23.6 Å². The van der Waals surface area contributed by atoms with Gasteiger partial charge in [-0.05, 0) is 55.0 Å². The first-order valence-electron chi connectivity index (χ1n) is 8.64. The number of fused-ring (bicyclic) bond motifs is 1. The first-order valence-corrected chi connectivity index (χ1v) is 8.64. The summed E-state index contributed by atoms with van der Waals surface area (Å²) in [6.45, 7) is 2.47. The third-order valence-corrected chi connectivity index (χ3v) is 3.92. The van der Waals surface area contributed by atoms with Gasteiger partial charge < -0.3 is 19.5 Å². The molecule has 0 unspecified atom stereocenters. The predicted molar refractivity (Wildman–Crippen MR) is 102 cm³/mol. The van der Waals surface area contributed by atoms with Crippen molar-refractivity contribution in [1.29, 1.82) is 5.26 Å². The molecule has 0 saturated carbocycles. The van der Waals surface area contributed by atoms with E-state index >= 15 is 0 Å². The lowest BCUT2D eigenvalue weighted by Crippen LogP contribution is -2.29. The molecule has 7 nitrogen and oxygen atoms in total. The van der Waals surface area contributed by atoms with Gasteiger partial charge in [-0.1, -0.05) is 6.07 Å². The number of esters is 1. The molecule has 0 radical (unpaired) electrons. The maximum Gasteiger partial charge on any atom is 0.331 e. The van der Waals surface area contributed by atoms with Crippen LogP contribution in [0, 0.1) is 11.3 Å². The molecule has 7 heteroatoms. The Kier molecular flexibility index (Phi) is 5.92. The zero-order chi connectivity index (χ0) is 19.9. The van der Waals surface area contributed by atoms with Crippen molar-refractivity contribution in [2.75, 3.05) is 18.5 Å². The predicted octanol–water partition coefficient (Wildman–Crippen LogP) is 2.91. The third-order valence-electron chi connectivity index (χ3n) is 3.92. The number of carbonyl (C=O) groups excluding carboxylic acids is 2. The van der Waals surface area contributed by atoms with E-state index in [2.05, 4.69) is 5.32 Å². The Morgan fingerprint density at radius 1 is 1.14 bits per heavy atom. The second kappa shape index (κ2) is 8.73. The monoisotopic (exact) mass is 378 g/mol. The quantitative estimate of drug-likeness (QED) is 0.635. The SMILES string of the molecule is C[C@H](OC(=O)/C=C/c1ccc2c(c1)OCCO2)C(=O)Nc1ccc(C#N)cc1. The smallest absolute Gasteiger partial charge is 0.331 e. The van der Waals surface area contributed by atoms with Crippen LogP contribution in [0.15, 0.2) is 48.5 Å². The van der Waals surface area contributed by atoms with Gasteiger partial charge in [0, 0.05) is 11.8 Å². The summed E-state index contributed by atoms with van der Waals surface area (Å²) in [5.74, 6) is 0.180. The van der Waals surface area contributed by atoms with E-state index in [1.807, 2.05) is 6.07 Å². The van der Waals surface area contributed by atoms with E-state index in [-0.39, 0.29) is 0 Å². The fraction of sp³-hybridized carbons (Fsp3) is 0.190. The molecule has 1 aliphatic rings. The van der Waals surface area contributed by atoms with Crippen molar-refractivity contribution in [3.8, 4) is 17.6 Å². The van der Waals surface area contributed by atoms with Crippen molar-refractivity contribution in [3.63, 3.8) is 0 Å². The number of rotatable bonds is 5. The molecule has 1 atom stereocenters. The summed E-state index contributed by atoms with van der Waals surface area (Å²) < 4.78 is 16.1. The Balaban J connectivity index is 1.53. The Bertz CT molecular complexity index is 944. The van der Waals surface area contributed by atoms with Gasteiger partial charge in [-0.25, -0.2) is 4.79 Å². The van der Waals surface area contributed by atoms with E-state index in [0.29, 0.717) is 36.0 Å². The zero-order valence-corrected chi connectivity index (χ0v) is 15.2. The fourth-order valence-corrected chi connectivity index (χ4v) is 2.47. The Morgan fingerprint density at radius 2 is 1.86 bits per heavy atom. The standard InChI is InChI=1S/C21H18N2O5/c1-14(21(25)23-17-6-2-16(13-22)3-7-17)28-20(24)9-5-15-4-8-18-19(12-15)27-11-10-26-18/h2-9,12,14H,10-11H2,1H3,(H,23,25)/b9-5+/t14-/m0/s1. The summed E-state index contributed by atoms with van der Waals surface area (Å²) in [5.41, 5.74) is 1.75. The van der Waals surface area contributed by atoms with Gasteiger partial charge in [0.25, 0.3) is 5.91 Å². The maximum atomic E-state index is 12.1. The number of anilines is 1. The minimum Gasteiger partial charge on any atom is -0.486 e. The van der Waals surface area contributed by atoms with Gasteiger partial charge in [0.05, 0.1) is 11.6 Å². The largest absolute Gasteiger partial charge is 0.486 e. The number of hydrogen-bond donors (Lipinski definition) is 1. The van der Waals surface area contributed by atoms with Crippen molar-refractivity contribution in [1.82, 2.24) is 0 Å². The van der Waals surface area contributed by atoms with Crippen LogP contribution in [0.3, 0.4) is 0 Å². The van der Waals surface area contributed by atoms with Gasteiger partial charge in [-0.15, -0.1) is 0 Å². The molecule has 2 aromatic rings. The van der Waals surface area contributed by atoms with Crippen LogP contribution < -0.4 is 14.8 Å². The lowest BCUT2D eigenvalue weighted by atomic mass is 10.2. The second-order valence-electron chi connectivity index (χ2n) is 5.99. The first kappa shape index (κ1) is 19.0. The molecule has 2 aromatic carbocycles. The number of nitrogens with zero attached hydrogens (tertiary/aromatic N) is 1. The molecule has 1 heterocycles. The van der Waals surface area contributed by atoms with E-state index in [4.69, 9.17) is 19.5 Å². The number of hydrogen-bond acceptors (Lipinski definition) is 6. The van der Waals surface area contributed by atoms with Gasteiger partial charge in [-0.2, -0.15) is 5.26 Å². The van der Waals surface area contributed by atoms with Crippen molar-refractivity contribution in [3.05, 3.63) is 59.7 Å². The number of benzene rings is 2. The maximum absolute atomic E-state index is 12.1. The zero-order valence-electron chi connectivity index (χ0n) is 15.2. The van der Waals surface area contributed by atoms with Crippen LogP contribution >= 0.6 is 0 Å². The lowest BCUT2D eigenvalue weighted by Gasteiger charge is -2.18. The summed E-state index contributed by atoms with van der Waals surface area (Å²) in [6.07, 6.45) is 1.84. The highest BCUT2D eigenvalue weighted by Gasteiger charge is 2.17. The highest BCUT2D eigenvalue weighted by molar-refractivity contribution is 5.96. The molecule has 0 aromatic heterocycles. The fourth-order valence-electron chi connectivity index (χ4n) is 2.47. The molecule has 0 saturated heterocycles. The van der Waals surface area contributed by atoms with Gasteiger partial charge in [0.2, 0.25) is 0 Å². The van der Waals surface area contributed by atoms with Crippen LogP contribution in [0.1, 0.15) is 18.1 Å². The summed E-state index contributed by atoms with van der Waals surface area (Å²) in [4.78, 5) is 24.1. The topological polar surface area (TPSA) is 97.7 Å². The molecule has 1 N–H and O–H groups in total. The average molecular weight is 378 g/mol. The molecule has 1 amide bonds. The van der Waals surface area contributed by atoms with Gasteiger partial charge in [0.1, 0.15) is 13.2 Å². The molecule has 0 bridgehead atoms. The molecule has 28 heavy (non-hydrogen) atoms. The highest BCUT2D eigenvalue weighted by atomic mass is 16.6. The number of nitrogens with one attached hydrogen (secondary N) is 1. The Labute approximate surface area is 162 Å². The van der Waals surface area contributed by atoms with Gasteiger partial charge in [0.15, 0.2) is 17.6 Å². The van der Waals surface area contributed by atoms with Gasteiger partial charge in [-0.3, -0.25) is 4.79 Å². The summed E-state index contributed by atoms with van der Waals surface area (Å²) >= 11 is 0. The van der Waals surface area contributed by atoms with E-state index in [1.165, 1.54) is 13.0 Å². The number of amides is 1. The molecule has 0 spiro atoms. The van der Waals surface area contributed by atoms with Crippen molar-refractivity contribution in [2.45, 2.75) is 13.0 Å². The van der Waals surface area contributed by atoms with Crippen LogP contribution in [0.4, 0.5) is 5.69 Å². The minimum atomic E-state index is -0.979. The number of nitriles is 1. The molecular formula is C21H18N2O5. The van der Waals surface area contributed by atoms with Crippen LogP contribution in [-0.4, -0.2) is 31.2 Å². The Morgan fingerprint density at radius 3 is 2.57 bits per heavy atom. The van der Waals surface area contributed by atoms with Crippen LogP contribution in [0.5, 0.6) is 11.5 Å². The van der Waals surface area contributed by atoms with E-state index in [1.54, 1.807) is 48.5 Å². The summed E-state index contributed by atoms with van der Waals surface area (Å²) in [6, 6.07) is 13.7. The Hall–Kier alpha value is -3.79. The third kappa shape index (κ3) is 4.89. The van der Waals surface area contributed by atoms with Crippen LogP contribution in [0.2, 0.25) is 0 Å². The van der Waals surface area contributed by atoms with Crippen molar-refractivity contribution in [2.24, 2.45) is 0 Å². The highest BCUT2D eigenvalue weighted by Crippen LogP contribution is 2.31. The molecular weight excluding hydrogens is 360 g/mol. The summed E-state index contributed by atoms with van der Waals surface area (Å²) in [7, 11) is 0. The average Bonchev–Trinajstić information content (AvgIpc) is 2.72. The second-order valence-corrected chi connectivity index (χ2v) is 5.99. The first-order chi connectivity index (χ1) is 13.5. The van der Waals surface area contributed by atoms with Crippen LogP contribution in [0.25, 0.3) is 6.08 Å². The van der Waals surface area contributed by atoms with Gasteiger partial charge >= 0.3 is 5.97 Å². The molecule has 142 valence electrons. The molecule has 1 aliphatic heterocycles. The molecule has 0 fully saturated rings. The normalized spacial score (nSPS) is 13.4.